The summed E-state index contributed by atoms with van der Waals surface area (Å²) in [6.07, 6.45) is 1.79. The van der Waals surface area contributed by atoms with Gasteiger partial charge in [0.1, 0.15) is 5.75 Å². The van der Waals surface area contributed by atoms with Crippen LogP contribution >= 0.6 is 12.2 Å². The maximum atomic E-state index is 5.28. The topological polar surface area (TPSA) is 50.6 Å². The highest BCUT2D eigenvalue weighted by Crippen LogP contribution is 2.21. The molecule has 0 bridgehead atoms. The zero-order valence-electron chi connectivity index (χ0n) is 16.3. The lowest BCUT2D eigenvalue weighted by Gasteiger charge is -2.10. The SMILES string of the molecule is COc1ccc(-n2c(C)cc(/C=N/NC(=S)NCc3ccccc3)c2C)cc1. The number of nitrogens with one attached hydrogen (secondary N) is 2. The maximum Gasteiger partial charge on any atom is 0.187 e. The first-order chi connectivity index (χ1) is 13.6. The molecule has 0 saturated heterocycles. The Morgan fingerprint density at radius 1 is 1.11 bits per heavy atom. The Hall–Kier alpha value is -3.12. The molecule has 0 saturated carbocycles. The Morgan fingerprint density at radius 2 is 1.82 bits per heavy atom. The molecule has 1 aromatic heterocycles. The fraction of sp³-hybridized carbons (Fsp3) is 0.182. The van der Waals surface area contributed by atoms with Crippen LogP contribution < -0.4 is 15.5 Å². The molecule has 144 valence electrons. The first-order valence-electron chi connectivity index (χ1n) is 9.02. The fourth-order valence-electron chi connectivity index (χ4n) is 3.03. The highest BCUT2D eigenvalue weighted by atomic mass is 32.1. The number of hydrogen-bond donors (Lipinski definition) is 2. The molecule has 0 aliphatic heterocycles. The molecule has 0 aliphatic rings. The van der Waals surface area contributed by atoms with Crippen LogP contribution in [0.25, 0.3) is 5.69 Å². The largest absolute Gasteiger partial charge is 0.497 e. The number of aromatic nitrogens is 1. The van der Waals surface area contributed by atoms with Crippen LogP contribution in [0.15, 0.2) is 65.8 Å². The lowest BCUT2D eigenvalue weighted by Crippen LogP contribution is -2.31. The quantitative estimate of drug-likeness (QED) is 0.377. The molecule has 28 heavy (non-hydrogen) atoms. The Balaban J connectivity index is 1.63. The lowest BCUT2D eigenvalue weighted by molar-refractivity contribution is 0.414. The molecule has 3 aromatic rings. The van der Waals surface area contributed by atoms with Crippen LogP contribution in [0.4, 0.5) is 0 Å². The summed E-state index contributed by atoms with van der Waals surface area (Å²) in [6.45, 7) is 4.81. The molecule has 0 spiro atoms. The summed E-state index contributed by atoms with van der Waals surface area (Å²) in [6, 6.07) is 20.2. The molecule has 0 amide bonds. The first-order valence-corrected chi connectivity index (χ1v) is 9.43. The Bertz CT molecular complexity index is 962. The van der Waals surface area contributed by atoms with Gasteiger partial charge in [-0.2, -0.15) is 5.10 Å². The number of methoxy groups -OCH3 is 1. The summed E-state index contributed by atoms with van der Waals surface area (Å²) in [5.74, 6) is 0.841. The smallest absolute Gasteiger partial charge is 0.187 e. The summed E-state index contributed by atoms with van der Waals surface area (Å²) in [5, 5.41) is 7.91. The third-order valence-electron chi connectivity index (χ3n) is 4.47. The van der Waals surface area contributed by atoms with Crippen molar-refractivity contribution in [2.75, 3.05) is 7.11 Å². The normalized spacial score (nSPS) is 10.8. The van der Waals surface area contributed by atoms with Crippen LogP contribution in [0, 0.1) is 13.8 Å². The van der Waals surface area contributed by atoms with Crippen LogP contribution in [0.2, 0.25) is 0 Å². The molecule has 2 aromatic carbocycles. The Kier molecular flexibility index (Phi) is 6.45. The van der Waals surface area contributed by atoms with Gasteiger partial charge in [-0.1, -0.05) is 30.3 Å². The van der Waals surface area contributed by atoms with E-state index in [9.17, 15) is 0 Å². The number of aryl methyl sites for hydroxylation is 1. The van der Waals surface area contributed by atoms with Gasteiger partial charge >= 0.3 is 0 Å². The van der Waals surface area contributed by atoms with Crippen LogP contribution in [-0.4, -0.2) is 23.0 Å². The van der Waals surface area contributed by atoms with Gasteiger partial charge in [-0.05, 0) is 62.0 Å². The lowest BCUT2D eigenvalue weighted by atomic mass is 10.2. The summed E-state index contributed by atoms with van der Waals surface area (Å²) in [7, 11) is 1.67. The van der Waals surface area contributed by atoms with Crippen molar-refractivity contribution in [3.05, 3.63) is 83.2 Å². The van der Waals surface area contributed by atoms with Gasteiger partial charge in [0, 0.05) is 29.2 Å². The van der Waals surface area contributed by atoms with Crippen LogP contribution in [0.5, 0.6) is 5.75 Å². The van der Waals surface area contributed by atoms with Crippen LogP contribution in [0.1, 0.15) is 22.5 Å². The van der Waals surface area contributed by atoms with Crippen molar-refractivity contribution < 1.29 is 4.74 Å². The van der Waals surface area contributed by atoms with Crippen molar-refractivity contribution in [3.8, 4) is 11.4 Å². The van der Waals surface area contributed by atoms with E-state index >= 15 is 0 Å². The average Bonchev–Trinajstić information content (AvgIpc) is 3.00. The van der Waals surface area contributed by atoms with E-state index in [2.05, 4.69) is 40.3 Å². The number of hydrazone groups is 1. The number of nitrogens with zero attached hydrogens (tertiary/aromatic N) is 2. The minimum Gasteiger partial charge on any atom is -0.497 e. The third kappa shape index (κ3) is 4.78. The molecule has 0 radical (unpaired) electrons. The molecule has 0 atom stereocenters. The molecule has 0 unspecified atom stereocenters. The van der Waals surface area contributed by atoms with Gasteiger partial charge in [0.05, 0.1) is 13.3 Å². The number of ether oxygens (including phenoxy) is 1. The molecule has 5 nitrogen and oxygen atoms in total. The summed E-state index contributed by atoms with van der Waals surface area (Å²) in [4.78, 5) is 0. The average molecular weight is 393 g/mol. The van der Waals surface area contributed by atoms with E-state index < -0.39 is 0 Å². The predicted octanol–water partition coefficient (Wildman–Crippen LogP) is 4.10. The second-order valence-corrected chi connectivity index (χ2v) is 6.81. The van der Waals surface area contributed by atoms with Gasteiger partial charge in [-0.3, -0.25) is 5.43 Å². The molecule has 0 aliphatic carbocycles. The second-order valence-electron chi connectivity index (χ2n) is 6.40. The van der Waals surface area contributed by atoms with Gasteiger partial charge in [0.2, 0.25) is 0 Å². The minimum absolute atomic E-state index is 0.490. The van der Waals surface area contributed by atoms with Crippen LogP contribution in [0.3, 0.4) is 0 Å². The van der Waals surface area contributed by atoms with Crippen molar-refractivity contribution in [1.29, 1.82) is 0 Å². The minimum atomic E-state index is 0.490. The highest BCUT2D eigenvalue weighted by molar-refractivity contribution is 7.80. The van der Waals surface area contributed by atoms with Crippen molar-refractivity contribution in [2.45, 2.75) is 20.4 Å². The Labute approximate surface area is 171 Å². The highest BCUT2D eigenvalue weighted by Gasteiger charge is 2.09. The van der Waals surface area contributed by atoms with E-state index in [1.54, 1.807) is 13.3 Å². The van der Waals surface area contributed by atoms with E-state index in [4.69, 9.17) is 17.0 Å². The standard InChI is InChI=1S/C22H24N4OS/c1-16-13-19(17(2)26(16)20-9-11-21(27-3)12-10-20)15-24-25-22(28)23-14-18-7-5-4-6-8-18/h4-13,15H,14H2,1-3H3,(H2,23,25,28)/b24-15+. The van der Waals surface area contributed by atoms with E-state index in [-0.39, 0.29) is 0 Å². The molecule has 6 heteroatoms. The first kappa shape index (κ1) is 19.6. The Morgan fingerprint density at radius 3 is 2.50 bits per heavy atom. The third-order valence-corrected chi connectivity index (χ3v) is 4.70. The number of benzene rings is 2. The molecule has 2 N–H and O–H groups in total. The predicted molar refractivity (Wildman–Crippen MR) is 118 cm³/mol. The summed E-state index contributed by atoms with van der Waals surface area (Å²) in [5.41, 5.74) is 8.40. The van der Waals surface area contributed by atoms with E-state index in [1.165, 1.54) is 5.56 Å². The van der Waals surface area contributed by atoms with Gasteiger partial charge in [-0.25, -0.2) is 0 Å². The van der Waals surface area contributed by atoms with Crippen molar-refractivity contribution in [3.63, 3.8) is 0 Å². The maximum absolute atomic E-state index is 5.28. The zero-order valence-corrected chi connectivity index (χ0v) is 17.1. The van der Waals surface area contributed by atoms with Crippen LogP contribution in [-0.2, 0) is 6.54 Å². The zero-order chi connectivity index (χ0) is 19.9. The molecule has 1 heterocycles. The molecular weight excluding hydrogens is 368 g/mol. The van der Waals surface area contributed by atoms with Gasteiger partial charge in [0.15, 0.2) is 5.11 Å². The van der Waals surface area contributed by atoms with Gasteiger partial charge < -0.3 is 14.6 Å². The fourth-order valence-corrected chi connectivity index (χ4v) is 3.15. The summed E-state index contributed by atoms with van der Waals surface area (Å²) >= 11 is 5.28. The summed E-state index contributed by atoms with van der Waals surface area (Å²) < 4.78 is 7.42. The van der Waals surface area contributed by atoms with E-state index in [0.717, 1.165) is 28.4 Å². The molecule has 0 fully saturated rings. The van der Waals surface area contributed by atoms with Crippen molar-refractivity contribution in [1.82, 2.24) is 15.3 Å². The van der Waals surface area contributed by atoms with Gasteiger partial charge in [0.25, 0.3) is 0 Å². The second kappa shape index (κ2) is 9.19. The van der Waals surface area contributed by atoms with E-state index in [1.807, 2.05) is 54.6 Å². The number of hydrogen-bond acceptors (Lipinski definition) is 3. The molecule has 3 rings (SSSR count). The number of thiocarbonyl (C=S) groups is 1. The van der Waals surface area contributed by atoms with E-state index in [0.29, 0.717) is 11.7 Å². The van der Waals surface area contributed by atoms with Crippen molar-refractivity contribution >= 4 is 23.5 Å². The number of rotatable bonds is 6. The molecular formula is C22H24N4OS. The van der Waals surface area contributed by atoms with Gasteiger partial charge in [-0.15, -0.1) is 0 Å². The van der Waals surface area contributed by atoms with Crippen molar-refractivity contribution in [2.24, 2.45) is 5.10 Å². The monoisotopic (exact) mass is 392 g/mol.